The van der Waals surface area contributed by atoms with E-state index < -0.39 is 0 Å². The molecule has 17 heavy (non-hydrogen) atoms. The number of carbonyl (C=O) groups is 1. The summed E-state index contributed by atoms with van der Waals surface area (Å²) in [7, 11) is 0. The highest BCUT2D eigenvalue weighted by Crippen LogP contribution is 2.53. The van der Waals surface area contributed by atoms with E-state index in [2.05, 4.69) is 30.3 Å². The predicted octanol–water partition coefficient (Wildman–Crippen LogP) is 0.790. The van der Waals surface area contributed by atoms with Crippen LogP contribution in [0, 0.1) is 5.92 Å². The normalized spacial score (nSPS) is 43.1. The molecule has 0 aromatic heterocycles. The van der Waals surface area contributed by atoms with Gasteiger partial charge in [0.1, 0.15) is 0 Å². The summed E-state index contributed by atoms with van der Waals surface area (Å²) in [5, 5.41) is 0. The number of hydrogen-bond acceptors (Lipinski definition) is 1. The van der Waals surface area contributed by atoms with Gasteiger partial charge in [0, 0.05) is 25.2 Å². The predicted molar refractivity (Wildman–Crippen MR) is 65.0 cm³/mol. The van der Waals surface area contributed by atoms with Crippen LogP contribution in [0.2, 0.25) is 0 Å². The summed E-state index contributed by atoms with van der Waals surface area (Å²) in [6, 6.07) is 10.6. The SMILES string of the molecule is O=C1C2CC[NH+](CC2)[C@]12C[C@@H]2c1ccccc1. The second-order valence-corrected chi connectivity index (χ2v) is 5.88. The second kappa shape index (κ2) is 3.20. The first-order valence-corrected chi connectivity index (χ1v) is 6.77. The van der Waals surface area contributed by atoms with E-state index in [1.165, 1.54) is 18.7 Å². The van der Waals surface area contributed by atoms with Crippen molar-refractivity contribution in [3.63, 3.8) is 0 Å². The van der Waals surface area contributed by atoms with Crippen molar-refractivity contribution in [3.8, 4) is 0 Å². The lowest BCUT2D eigenvalue weighted by molar-refractivity contribution is -0.939. The smallest absolute Gasteiger partial charge is 0.197 e. The maximum atomic E-state index is 12.5. The Bertz CT molecular complexity index is 461. The van der Waals surface area contributed by atoms with Gasteiger partial charge in [-0.2, -0.15) is 0 Å². The molecule has 3 saturated heterocycles. The van der Waals surface area contributed by atoms with Crippen LogP contribution >= 0.6 is 0 Å². The van der Waals surface area contributed by atoms with Crippen molar-refractivity contribution >= 4 is 5.78 Å². The minimum absolute atomic E-state index is 0.00250. The number of fused-ring (bicyclic) bond motifs is 2. The van der Waals surface area contributed by atoms with E-state index in [0.29, 0.717) is 17.6 Å². The van der Waals surface area contributed by atoms with Gasteiger partial charge in [-0.15, -0.1) is 0 Å². The summed E-state index contributed by atoms with van der Waals surface area (Å²) >= 11 is 0. The molecule has 88 valence electrons. The van der Waals surface area contributed by atoms with Gasteiger partial charge in [0.2, 0.25) is 0 Å². The van der Waals surface area contributed by atoms with Crippen LogP contribution in [0.1, 0.15) is 30.7 Å². The molecule has 2 nitrogen and oxygen atoms in total. The summed E-state index contributed by atoms with van der Waals surface area (Å²) in [6.07, 6.45) is 3.37. The molecule has 0 unspecified atom stereocenters. The first kappa shape index (κ1) is 9.84. The molecule has 0 radical (unpaired) electrons. The molecular formula is C15H18NO+. The fourth-order valence-corrected chi connectivity index (χ4v) is 4.23. The van der Waals surface area contributed by atoms with Crippen molar-refractivity contribution in [1.82, 2.24) is 0 Å². The van der Waals surface area contributed by atoms with Crippen LogP contribution in [-0.4, -0.2) is 24.4 Å². The number of quaternary nitrogens is 1. The van der Waals surface area contributed by atoms with Crippen LogP contribution in [0.25, 0.3) is 0 Å². The number of carbonyl (C=O) groups excluding carboxylic acids is 1. The number of benzene rings is 1. The highest BCUT2D eigenvalue weighted by molar-refractivity contribution is 5.94. The standard InChI is InChI=1S/C15H17NO/c17-14-12-6-8-16(9-7-12)15(14)10-13(15)11-4-2-1-3-5-11/h1-5,12-13H,6-10H2/p+1/t13-,15+/m1/s1. The largest absolute Gasteiger partial charge is 0.323 e. The summed E-state index contributed by atoms with van der Waals surface area (Å²) in [5.41, 5.74) is 1.38. The zero-order valence-electron chi connectivity index (χ0n) is 9.99. The quantitative estimate of drug-likeness (QED) is 0.754. The zero-order chi connectivity index (χ0) is 11.5. The van der Waals surface area contributed by atoms with E-state index in [4.69, 9.17) is 0 Å². The van der Waals surface area contributed by atoms with E-state index in [0.717, 1.165) is 19.3 Å². The monoisotopic (exact) mass is 228 g/mol. The Morgan fingerprint density at radius 2 is 1.82 bits per heavy atom. The van der Waals surface area contributed by atoms with E-state index in [1.54, 1.807) is 4.90 Å². The summed E-state index contributed by atoms with van der Waals surface area (Å²) in [6.45, 7) is 2.44. The fraction of sp³-hybridized carbons (Fsp3) is 0.533. The lowest BCUT2D eigenvalue weighted by atomic mass is 9.79. The molecule has 1 aromatic rings. The molecule has 3 heterocycles. The van der Waals surface area contributed by atoms with E-state index in [9.17, 15) is 4.79 Å². The highest BCUT2D eigenvalue weighted by atomic mass is 16.1. The average molecular weight is 228 g/mol. The van der Waals surface area contributed by atoms with Gasteiger partial charge < -0.3 is 4.90 Å². The molecule has 2 heteroatoms. The Labute approximate surface area is 102 Å². The molecule has 0 amide bonds. The van der Waals surface area contributed by atoms with E-state index in [-0.39, 0.29) is 5.54 Å². The lowest BCUT2D eigenvalue weighted by Crippen LogP contribution is -3.22. The van der Waals surface area contributed by atoms with Crippen molar-refractivity contribution in [3.05, 3.63) is 35.9 Å². The van der Waals surface area contributed by atoms with Gasteiger partial charge >= 0.3 is 0 Å². The molecule has 1 N–H and O–H groups in total. The third-order valence-corrected chi connectivity index (χ3v) is 5.19. The van der Waals surface area contributed by atoms with Crippen molar-refractivity contribution in [2.45, 2.75) is 30.7 Å². The van der Waals surface area contributed by atoms with Gasteiger partial charge in [-0.1, -0.05) is 30.3 Å². The molecule has 1 saturated carbocycles. The van der Waals surface area contributed by atoms with E-state index >= 15 is 0 Å². The van der Waals surface area contributed by atoms with Gasteiger partial charge in [-0.3, -0.25) is 4.79 Å². The van der Waals surface area contributed by atoms with Gasteiger partial charge in [-0.25, -0.2) is 0 Å². The first-order valence-electron chi connectivity index (χ1n) is 6.77. The number of hydrogen-bond donors (Lipinski definition) is 1. The third-order valence-electron chi connectivity index (χ3n) is 5.19. The molecule has 2 bridgehead atoms. The molecule has 4 aliphatic rings. The molecule has 3 aliphatic heterocycles. The van der Waals surface area contributed by atoms with Crippen molar-refractivity contribution < 1.29 is 9.69 Å². The summed E-state index contributed by atoms with van der Waals surface area (Å²) in [5.74, 6) is 1.48. The van der Waals surface area contributed by atoms with Gasteiger partial charge in [0.25, 0.3) is 0 Å². The number of rotatable bonds is 1. The Kier molecular flexibility index (Phi) is 1.85. The Hall–Kier alpha value is -1.15. The third kappa shape index (κ3) is 1.17. The Morgan fingerprint density at radius 1 is 1.12 bits per heavy atom. The summed E-state index contributed by atoms with van der Waals surface area (Å²) < 4.78 is 0. The van der Waals surface area contributed by atoms with Gasteiger partial charge in [0.15, 0.2) is 11.3 Å². The topological polar surface area (TPSA) is 21.5 Å². The van der Waals surface area contributed by atoms with Crippen LogP contribution in [-0.2, 0) is 4.79 Å². The van der Waals surface area contributed by atoms with E-state index in [1.807, 2.05) is 0 Å². The number of ketones is 1. The molecule has 1 aliphatic carbocycles. The number of piperidine rings is 3. The first-order chi connectivity index (χ1) is 8.32. The maximum absolute atomic E-state index is 12.5. The lowest BCUT2D eigenvalue weighted by Gasteiger charge is -2.42. The highest BCUT2D eigenvalue weighted by Gasteiger charge is 2.72. The molecular weight excluding hydrogens is 210 g/mol. The second-order valence-electron chi connectivity index (χ2n) is 5.88. The zero-order valence-corrected chi connectivity index (χ0v) is 9.99. The molecule has 1 spiro atoms. The number of nitrogens with one attached hydrogen (secondary N) is 1. The van der Waals surface area contributed by atoms with Gasteiger partial charge in [0.05, 0.1) is 19.0 Å². The molecule has 1 aromatic carbocycles. The minimum Gasteiger partial charge on any atom is -0.323 e. The van der Waals surface area contributed by atoms with Crippen LogP contribution in [0.5, 0.6) is 0 Å². The molecule has 5 rings (SSSR count). The van der Waals surface area contributed by atoms with Gasteiger partial charge in [-0.05, 0) is 5.56 Å². The maximum Gasteiger partial charge on any atom is 0.197 e. The van der Waals surface area contributed by atoms with Crippen LogP contribution < -0.4 is 4.90 Å². The van der Waals surface area contributed by atoms with Crippen LogP contribution in [0.4, 0.5) is 0 Å². The average Bonchev–Trinajstić information content (AvgIpc) is 3.13. The Balaban J connectivity index is 1.70. The fourth-order valence-electron chi connectivity index (χ4n) is 4.23. The molecule has 4 fully saturated rings. The Morgan fingerprint density at radius 3 is 2.47 bits per heavy atom. The number of Topliss-reactive ketones (excluding diaryl/α,β-unsaturated/α-hetero) is 1. The molecule has 2 atom stereocenters. The minimum atomic E-state index is 0.00250. The van der Waals surface area contributed by atoms with Crippen LogP contribution in [0.15, 0.2) is 30.3 Å². The van der Waals surface area contributed by atoms with Crippen molar-refractivity contribution in [2.75, 3.05) is 13.1 Å². The van der Waals surface area contributed by atoms with Crippen molar-refractivity contribution in [1.29, 1.82) is 0 Å². The van der Waals surface area contributed by atoms with Crippen molar-refractivity contribution in [2.24, 2.45) is 5.92 Å². The van der Waals surface area contributed by atoms with Crippen LogP contribution in [0.3, 0.4) is 0 Å². The summed E-state index contributed by atoms with van der Waals surface area (Å²) in [4.78, 5) is 14.1.